The van der Waals surface area contributed by atoms with E-state index in [0.29, 0.717) is 5.69 Å². The van der Waals surface area contributed by atoms with E-state index in [0.717, 1.165) is 18.4 Å². The van der Waals surface area contributed by atoms with Crippen LogP contribution in [-0.2, 0) is 6.42 Å². The van der Waals surface area contributed by atoms with Crippen molar-refractivity contribution in [2.24, 2.45) is 0 Å². The number of aryl methyl sites for hydroxylation is 1. The van der Waals surface area contributed by atoms with Gasteiger partial charge in [-0.25, -0.2) is 4.79 Å². The molecule has 0 saturated heterocycles. The van der Waals surface area contributed by atoms with E-state index in [1.54, 1.807) is 0 Å². The second-order valence-electron chi connectivity index (χ2n) is 5.29. The summed E-state index contributed by atoms with van der Waals surface area (Å²) in [5, 5.41) is 5.62. The van der Waals surface area contributed by atoms with Gasteiger partial charge < -0.3 is 15.4 Å². The highest BCUT2D eigenvalue weighted by atomic mass is 19.3. The first-order chi connectivity index (χ1) is 11.1. The summed E-state index contributed by atoms with van der Waals surface area (Å²) < 4.78 is 28.4. The molecule has 0 spiro atoms. The van der Waals surface area contributed by atoms with Crippen LogP contribution in [0.25, 0.3) is 0 Å². The number of anilines is 1. The van der Waals surface area contributed by atoms with Gasteiger partial charge in [0.2, 0.25) is 0 Å². The molecule has 3 rings (SSSR count). The van der Waals surface area contributed by atoms with Crippen LogP contribution in [-0.4, -0.2) is 12.6 Å². The molecule has 0 aromatic heterocycles. The highest BCUT2D eigenvalue weighted by Crippen LogP contribution is 2.30. The number of benzene rings is 2. The van der Waals surface area contributed by atoms with Crippen molar-refractivity contribution in [2.75, 3.05) is 5.32 Å². The second kappa shape index (κ2) is 6.64. The molecule has 1 atom stereocenters. The number of carbonyl (C=O) groups is 1. The third-order valence-corrected chi connectivity index (χ3v) is 3.78. The first-order valence-electron chi connectivity index (χ1n) is 7.32. The summed E-state index contributed by atoms with van der Waals surface area (Å²) in [6.45, 7) is -2.86. The molecule has 1 aliphatic rings. The van der Waals surface area contributed by atoms with E-state index in [1.807, 2.05) is 18.2 Å². The zero-order valence-electron chi connectivity index (χ0n) is 12.3. The molecule has 23 heavy (non-hydrogen) atoms. The van der Waals surface area contributed by atoms with Crippen LogP contribution in [0, 0.1) is 0 Å². The van der Waals surface area contributed by atoms with Gasteiger partial charge in [0.25, 0.3) is 0 Å². The Hall–Kier alpha value is -2.63. The summed E-state index contributed by atoms with van der Waals surface area (Å²) in [6, 6.07) is 13.5. The van der Waals surface area contributed by atoms with Crippen molar-refractivity contribution >= 4 is 11.7 Å². The lowest BCUT2D eigenvalue weighted by molar-refractivity contribution is -0.0498. The number of hydrogen-bond donors (Lipinski definition) is 2. The predicted molar refractivity (Wildman–Crippen MR) is 82.7 cm³/mol. The van der Waals surface area contributed by atoms with Crippen LogP contribution in [0.15, 0.2) is 48.5 Å². The van der Waals surface area contributed by atoms with Crippen molar-refractivity contribution in [1.82, 2.24) is 5.32 Å². The average molecular weight is 318 g/mol. The fourth-order valence-corrected chi connectivity index (χ4v) is 2.75. The number of amides is 2. The molecule has 120 valence electrons. The fourth-order valence-electron chi connectivity index (χ4n) is 2.75. The van der Waals surface area contributed by atoms with E-state index in [1.165, 1.54) is 29.8 Å². The molecule has 0 fully saturated rings. The average Bonchev–Trinajstić information content (AvgIpc) is 2.92. The third-order valence-electron chi connectivity index (χ3n) is 3.78. The Balaban J connectivity index is 1.58. The number of nitrogens with one attached hydrogen (secondary N) is 2. The summed E-state index contributed by atoms with van der Waals surface area (Å²) in [6.07, 6.45) is 1.81. The first kappa shape index (κ1) is 15.3. The molecule has 2 aromatic carbocycles. The Kier molecular flexibility index (Phi) is 4.41. The Morgan fingerprint density at radius 1 is 1.13 bits per heavy atom. The normalized spacial score (nSPS) is 16.0. The molecule has 1 aliphatic carbocycles. The maximum atomic E-state index is 12.1. The largest absolute Gasteiger partial charge is 0.435 e. The third kappa shape index (κ3) is 3.77. The maximum absolute atomic E-state index is 12.1. The van der Waals surface area contributed by atoms with Crippen molar-refractivity contribution in [3.05, 3.63) is 59.7 Å². The van der Waals surface area contributed by atoms with Gasteiger partial charge in [0.15, 0.2) is 0 Å². The van der Waals surface area contributed by atoms with Crippen LogP contribution in [0.3, 0.4) is 0 Å². The van der Waals surface area contributed by atoms with Crippen molar-refractivity contribution in [1.29, 1.82) is 0 Å². The highest BCUT2D eigenvalue weighted by Gasteiger charge is 2.23. The molecule has 2 amide bonds. The van der Waals surface area contributed by atoms with Gasteiger partial charge in [-0.15, -0.1) is 0 Å². The zero-order valence-corrected chi connectivity index (χ0v) is 12.3. The standard InChI is InChI=1S/C17H16F2N2O2/c18-16(19)23-13-8-6-12(7-9-13)20-17(22)21-15-10-5-11-3-1-2-4-14(11)15/h1-4,6-9,15-16H,5,10H2,(H2,20,21,22). The number of rotatable bonds is 4. The maximum Gasteiger partial charge on any atom is 0.387 e. The number of urea groups is 1. The van der Waals surface area contributed by atoms with E-state index in [9.17, 15) is 13.6 Å². The van der Waals surface area contributed by atoms with E-state index < -0.39 is 6.61 Å². The molecule has 2 aromatic rings. The lowest BCUT2D eigenvalue weighted by Crippen LogP contribution is -2.31. The predicted octanol–water partition coefficient (Wildman–Crippen LogP) is 4.10. The number of halogens is 2. The first-order valence-corrected chi connectivity index (χ1v) is 7.32. The van der Waals surface area contributed by atoms with Crippen LogP contribution in [0.4, 0.5) is 19.3 Å². The number of fused-ring (bicyclic) bond motifs is 1. The summed E-state index contributed by atoms with van der Waals surface area (Å²) in [7, 11) is 0. The Morgan fingerprint density at radius 2 is 1.87 bits per heavy atom. The molecule has 2 N–H and O–H groups in total. The van der Waals surface area contributed by atoms with Crippen LogP contribution in [0.5, 0.6) is 5.75 Å². The Labute approximate surface area is 132 Å². The SMILES string of the molecule is O=C(Nc1ccc(OC(F)F)cc1)NC1CCc2ccccc21. The van der Waals surface area contributed by atoms with Crippen LogP contribution < -0.4 is 15.4 Å². The number of alkyl halides is 2. The molecule has 0 radical (unpaired) electrons. The number of ether oxygens (including phenoxy) is 1. The van der Waals surface area contributed by atoms with Gasteiger partial charge in [0, 0.05) is 5.69 Å². The van der Waals surface area contributed by atoms with E-state index >= 15 is 0 Å². The molecular formula is C17H16F2N2O2. The number of carbonyl (C=O) groups excluding carboxylic acids is 1. The minimum absolute atomic E-state index is 0.00681. The van der Waals surface area contributed by atoms with Gasteiger partial charge in [0.1, 0.15) is 5.75 Å². The summed E-state index contributed by atoms with van der Waals surface area (Å²) in [5.41, 5.74) is 2.91. The Bertz CT molecular complexity index is 689. The van der Waals surface area contributed by atoms with Gasteiger partial charge >= 0.3 is 12.6 Å². The van der Waals surface area contributed by atoms with Crippen LogP contribution in [0.2, 0.25) is 0 Å². The lowest BCUT2D eigenvalue weighted by atomic mass is 10.1. The molecule has 0 aliphatic heterocycles. The second-order valence-corrected chi connectivity index (χ2v) is 5.29. The molecule has 4 nitrogen and oxygen atoms in total. The zero-order chi connectivity index (χ0) is 16.2. The monoisotopic (exact) mass is 318 g/mol. The van der Waals surface area contributed by atoms with Gasteiger partial charge in [-0.05, 0) is 48.2 Å². The van der Waals surface area contributed by atoms with Gasteiger partial charge in [-0.3, -0.25) is 0 Å². The van der Waals surface area contributed by atoms with Crippen LogP contribution in [0.1, 0.15) is 23.6 Å². The number of hydrogen-bond acceptors (Lipinski definition) is 2. The van der Waals surface area contributed by atoms with Crippen molar-refractivity contribution in [3.63, 3.8) is 0 Å². The van der Waals surface area contributed by atoms with E-state index in [2.05, 4.69) is 21.4 Å². The fraction of sp³-hybridized carbons (Fsp3) is 0.235. The van der Waals surface area contributed by atoms with E-state index in [4.69, 9.17) is 0 Å². The van der Waals surface area contributed by atoms with Crippen LogP contribution >= 0.6 is 0 Å². The summed E-state index contributed by atoms with van der Waals surface area (Å²) >= 11 is 0. The minimum atomic E-state index is -2.86. The molecule has 0 heterocycles. The molecule has 6 heteroatoms. The van der Waals surface area contributed by atoms with Gasteiger partial charge in [-0.2, -0.15) is 8.78 Å². The summed E-state index contributed by atoms with van der Waals surface area (Å²) in [5.74, 6) is 0.0516. The highest BCUT2D eigenvalue weighted by molar-refractivity contribution is 5.89. The van der Waals surface area contributed by atoms with Gasteiger partial charge in [-0.1, -0.05) is 24.3 Å². The molecule has 1 unspecified atom stereocenters. The van der Waals surface area contributed by atoms with Crippen molar-refractivity contribution in [3.8, 4) is 5.75 Å². The van der Waals surface area contributed by atoms with Crippen molar-refractivity contribution in [2.45, 2.75) is 25.5 Å². The molecule has 0 saturated carbocycles. The molecular weight excluding hydrogens is 302 g/mol. The van der Waals surface area contributed by atoms with Gasteiger partial charge in [0.05, 0.1) is 6.04 Å². The van der Waals surface area contributed by atoms with E-state index in [-0.39, 0.29) is 17.8 Å². The topological polar surface area (TPSA) is 50.4 Å². The summed E-state index contributed by atoms with van der Waals surface area (Å²) in [4.78, 5) is 12.1. The Morgan fingerprint density at radius 3 is 2.61 bits per heavy atom. The quantitative estimate of drug-likeness (QED) is 0.892. The minimum Gasteiger partial charge on any atom is -0.435 e. The smallest absolute Gasteiger partial charge is 0.387 e. The lowest BCUT2D eigenvalue weighted by Gasteiger charge is -2.15. The molecule has 0 bridgehead atoms. The van der Waals surface area contributed by atoms with Crippen molar-refractivity contribution < 1.29 is 18.3 Å².